The van der Waals surface area contributed by atoms with Gasteiger partial charge in [-0.05, 0) is 25.1 Å². The second-order valence-electron chi connectivity index (χ2n) is 3.48. The van der Waals surface area contributed by atoms with Gasteiger partial charge in [-0.25, -0.2) is 9.78 Å². The number of carbonyl (C=O) groups is 1. The number of benzene rings is 1. The van der Waals surface area contributed by atoms with Crippen LogP contribution in [-0.4, -0.2) is 23.2 Å². The van der Waals surface area contributed by atoms with E-state index in [1.807, 2.05) is 0 Å². The summed E-state index contributed by atoms with van der Waals surface area (Å²) in [6, 6.07) is 6.81. The van der Waals surface area contributed by atoms with E-state index in [1.165, 1.54) is 7.11 Å². The second-order valence-corrected chi connectivity index (χ2v) is 3.48. The van der Waals surface area contributed by atoms with Crippen molar-refractivity contribution >= 4 is 16.7 Å². The van der Waals surface area contributed by atoms with Gasteiger partial charge in [-0.3, -0.25) is 0 Å². The lowest BCUT2D eigenvalue weighted by Crippen LogP contribution is -1.99. The Balaban J connectivity index is 2.87. The Labute approximate surface area is 92.5 Å². The molecule has 82 valence electrons. The number of ether oxygens (including phenoxy) is 1. The van der Waals surface area contributed by atoms with Crippen molar-refractivity contribution in [3.8, 4) is 5.88 Å². The van der Waals surface area contributed by atoms with E-state index in [1.54, 1.807) is 31.2 Å². The SMILES string of the molecule is COc1nc(C)cc2c(C(=O)O)cccc12. The van der Waals surface area contributed by atoms with Crippen molar-refractivity contribution < 1.29 is 14.6 Å². The van der Waals surface area contributed by atoms with Gasteiger partial charge in [0, 0.05) is 16.5 Å². The van der Waals surface area contributed by atoms with E-state index >= 15 is 0 Å². The zero-order valence-corrected chi connectivity index (χ0v) is 9.02. The molecule has 0 saturated heterocycles. The van der Waals surface area contributed by atoms with Crippen LogP contribution in [0.25, 0.3) is 10.8 Å². The number of nitrogens with zero attached hydrogens (tertiary/aromatic N) is 1. The maximum Gasteiger partial charge on any atom is 0.336 e. The van der Waals surface area contributed by atoms with Gasteiger partial charge in [-0.2, -0.15) is 0 Å². The molecule has 0 amide bonds. The molecule has 1 heterocycles. The Morgan fingerprint density at radius 3 is 2.75 bits per heavy atom. The summed E-state index contributed by atoms with van der Waals surface area (Å²) in [5.74, 6) is -0.489. The van der Waals surface area contributed by atoms with Crippen LogP contribution in [0.3, 0.4) is 0 Å². The number of carboxylic acid groups (broad SMARTS) is 1. The van der Waals surface area contributed by atoms with E-state index in [9.17, 15) is 4.79 Å². The van der Waals surface area contributed by atoms with Gasteiger partial charge in [0.05, 0.1) is 12.7 Å². The average Bonchev–Trinajstić information content (AvgIpc) is 2.26. The van der Waals surface area contributed by atoms with Crippen LogP contribution < -0.4 is 4.74 Å². The minimum Gasteiger partial charge on any atom is -0.481 e. The zero-order chi connectivity index (χ0) is 11.7. The summed E-state index contributed by atoms with van der Waals surface area (Å²) in [5, 5.41) is 10.4. The van der Waals surface area contributed by atoms with Gasteiger partial charge in [0.25, 0.3) is 0 Å². The molecule has 0 spiro atoms. The summed E-state index contributed by atoms with van der Waals surface area (Å²) >= 11 is 0. The molecule has 0 radical (unpaired) electrons. The van der Waals surface area contributed by atoms with Gasteiger partial charge in [0.2, 0.25) is 5.88 Å². The lowest BCUT2D eigenvalue weighted by atomic mass is 10.1. The van der Waals surface area contributed by atoms with Crippen molar-refractivity contribution in [2.45, 2.75) is 6.92 Å². The van der Waals surface area contributed by atoms with Gasteiger partial charge in [0.1, 0.15) is 0 Å². The Morgan fingerprint density at radius 1 is 1.38 bits per heavy atom. The minimum absolute atomic E-state index is 0.265. The zero-order valence-electron chi connectivity index (χ0n) is 9.02. The quantitative estimate of drug-likeness (QED) is 0.838. The average molecular weight is 217 g/mol. The monoisotopic (exact) mass is 217 g/mol. The lowest BCUT2D eigenvalue weighted by Gasteiger charge is -2.07. The minimum atomic E-state index is -0.946. The van der Waals surface area contributed by atoms with Gasteiger partial charge in [-0.15, -0.1) is 0 Å². The highest BCUT2D eigenvalue weighted by Gasteiger charge is 2.12. The molecule has 2 aromatic rings. The van der Waals surface area contributed by atoms with Crippen molar-refractivity contribution in [2.24, 2.45) is 0 Å². The number of aromatic nitrogens is 1. The number of rotatable bonds is 2. The van der Waals surface area contributed by atoms with Crippen LogP contribution in [0.15, 0.2) is 24.3 Å². The van der Waals surface area contributed by atoms with Gasteiger partial charge < -0.3 is 9.84 Å². The molecule has 0 aliphatic rings. The van der Waals surface area contributed by atoms with Crippen molar-refractivity contribution in [1.82, 2.24) is 4.98 Å². The molecule has 0 saturated carbocycles. The van der Waals surface area contributed by atoms with Crippen LogP contribution in [0.5, 0.6) is 5.88 Å². The lowest BCUT2D eigenvalue weighted by molar-refractivity contribution is 0.0699. The highest BCUT2D eigenvalue weighted by molar-refractivity contribution is 6.05. The summed E-state index contributed by atoms with van der Waals surface area (Å²) in [4.78, 5) is 15.3. The molecular formula is C12H11NO3. The number of aryl methyl sites for hydroxylation is 1. The van der Waals surface area contributed by atoms with Crippen molar-refractivity contribution in [3.05, 3.63) is 35.5 Å². The summed E-state index contributed by atoms with van der Waals surface area (Å²) in [5.41, 5.74) is 0.999. The fraction of sp³-hybridized carbons (Fsp3) is 0.167. The summed E-state index contributed by atoms with van der Waals surface area (Å²) in [6.45, 7) is 1.81. The van der Waals surface area contributed by atoms with Gasteiger partial charge in [0.15, 0.2) is 0 Å². The van der Waals surface area contributed by atoms with E-state index < -0.39 is 5.97 Å². The third-order valence-electron chi connectivity index (χ3n) is 2.39. The molecule has 1 N–H and O–H groups in total. The maximum atomic E-state index is 11.1. The second kappa shape index (κ2) is 3.81. The van der Waals surface area contributed by atoms with Crippen LogP contribution in [0.2, 0.25) is 0 Å². The normalized spacial score (nSPS) is 10.4. The van der Waals surface area contributed by atoms with Crippen LogP contribution in [0.4, 0.5) is 0 Å². The summed E-state index contributed by atoms with van der Waals surface area (Å²) in [6.07, 6.45) is 0. The van der Waals surface area contributed by atoms with Crippen LogP contribution in [0, 0.1) is 6.92 Å². The molecule has 0 aliphatic carbocycles. The van der Waals surface area contributed by atoms with E-state index in [4.69, 9.17) is 9.84 Å². The van der Waals surface area contributed by atoms with E-state index in [0.717, 1.165) is 5.69 Å². The maximum absolute atomic E-state index is 11.1. The Morgan fingerprint density at radius 2 is 2.12 bits per heavy atom. The number of aromatic carboxylic acids is 1. The molecule has 0 atom stereocenters. The van der Waals surface area contributed by atoms with Crippen LogP contribution >= 0.6 is 0 Å². The third kappa shape index (κ3) is 1.58. The largest absolute Gasteiger partial charge is 0.481 e. The molecule has 0 unspecified atom stereocenters. The summed E-state index contributed by atoms with van der Waals surface area (Å²) < 4.78 is 5.14. The van der Waals surface area contributed by atoms with E-state index in [2.05, 4.69) is 4.98 Å². The molecule has 4 nitrogen and oxygen atoms in total. The van der Waals surface area contributed by atoms with E-state index in [-0.39, 0.29) is 5.56 Å². The molecule has 16 heavy (non-hydrogen) atoms. The number of hydrogen-bond donors (Lipinski definition) is 1. The first-order valence-corrected chi connectivity index (χ1v) is 4.81. The molecule has 0 bridgehead atoms. The smallest absolute Gasteiger partial charge is 0.336 e. The first-order chi connectivity index (χ1) is 7.63. The van der Waals surface area contributed by atoms with E-state index in [0.29, 0.717) is 16.7 Å². The summed E-state index contributed by atoms with van der Waals surface area (Å²) in [7, 11) is 1.52. The molecule has 0 fully saturated rings. The van der Waals surface area contributed by atoms with Gasteiger partial charge in [-0.1, -0.05) is 6.07 Å². The fourth-order valence-corrected chi connectivity index (χ4v) is 1.71. The van der Waals surface area contributed by atoms with Crippen molar-refractivity contribution in [2.75, 3.05) is 7.11 Å². The highest BCUT2D eigenvalue weighted by atomic mass is 16.5. The molecular weight excluding hydrogens is 206 g/mol. The predicted molar refractivity (Wildman–Crippen MR) is 60.0 cm³/mol. The Bertz CT molecular complexity index is 563. The molecule has 1 aromatic carbocycles. The number of carboxylic acids is 1. The Hall–Kier alpha value is -2.10. The standard InChI is InChI=1S/C12H11NO3/c1-7-6-10-8(11(13-7)16-2)4-3-5-9(10)12(14)15/h3-6H,1-2H3,(H,14,15). The van der Waals surface area contributed by atoms with Gasteiger partial charge >= 0.3 is 5.97 Å². The highest BCUT2D eigenvalue weighted by Crippen LogP contribution is 2.26. The third-order valence-corrected chi connectivity index (χ3v) is 2.39. The predicted octanol–water partition coefficient (Wildman–Crippen LogP) is 2.25. The van der Waals surface area contributed by atoms with Crippen molar-refractivity contribution in [3.63, 3.8) is 0 Å². The number of hydrogen-bond acceptors (Lipinski definition) is 3. The van der Waals surface area contributed by atoms with Crippen LogP contribution in [0.1, 0.15) is 16.1 Å². The number of pyridine rings is 1. The molecule has 4 heteroatoms. The van der Waals surface area contributed by atoms with Crippen molar-refractivity contribution in [1.29, 1.82) is 0 Å². The Kier molecular flexibility index (Phi) is 2.48. The molecule has 0 aliphatic heterocycles. The first kappa shape index (κ1) is 10.4. The van der Waals surface area contributed by atoms with Crippen LogP contribution in [-0.2, 0) is 0 Å². The topological polar surface area (TPSA) is 59.4 Å². The number of methoxy groups -OCH3 is 1. The molecule has 1 aromatic heterocycles. The number of fused-ring (bicyclic) bond motifs is 1. The molecule has 2 rings (SSSR count). The first-order valence-electron chi connectivity index (χ1n) is 4.81. The fourth-order valence-electron chi connectivity index (χ4n) is 1.71.